The predicted octanol–water partition coefficient (Wildman–Crippen LogP) is 2.46. The summed E-state index contributed by atoms with van der Waals surface area (Å²) in [5.74, 6) is -3.00. The quantitative estimate of drug-likeness (QED) is 0.462. The Labute approximate surface area is 166 Å². The zero-order chi connectivity index (χ0) is 21.4. The third-order valence-electron chi connectivity index (χ3n) is 3.66. The van der Waals surface area contributed by atoms with Crippen molar-refractivity contribution in [2.75, 3.05) is 19.8 Å². The van der Waals surface area contributed by atoms with Gasteiger partial charge in [0, 0.05) is 6.54 Å². The number of nitrogens with one attached hydrogen (secondary N) is 1. The number of esters is 1. The van der Waals surface area contributed by atoms with Gasteiger partial charge < -0.3 is 9.47 Å². The van der Waals surface area contributed by atoms with E-state index >= 15 is 0 Å². The topological polar surface area (TPSA) is 98.8 Å². The van der Waals surface area contributed by atoms with Crippen molar-refractivity contribution >= 4 is 21.8 Å². The van der Waals surface area contributed by atoms with Crippen LogP contribution in [0.15, 0.2) is 47.4 Å². The van der Waals surface area contributed by atoms with E-state index in [1.807, 2.05) is 0 Å². The maximum Gasteiger partial charge on any atom is 0.307 e. The first-order valence-corrected chi connectivity index (χ1v) is 10.1. The highest BCUT2D eigenvalue weighted by Crippen LogP contribution is 2.16. The van der Waals surface area contributed by atoms with Crippen molar-refractivity contribution < 1.29 is 36.3 Å². The van der Waals surface area contributed by atoms with Crippen LogP contribution in [0.25, 0.3) is 0 Å². The molecule has 156 valence electrons. The molecule has 0 aliphatic heterocycles. The number of carbonyl (C=O) groups is 2. The summed E-state index contributed by atoms with van der Waals surface area (Å²) in [7, 11) is -3.84. The van der Waals surface area contributed by atoms with E-state index in [0.717, 1.165) is 12.1 Å². The summed E-state index contributed by atoms with van der Waals surface area (Å²) >= 11 is 0. The van der Waals surface area contributed by atoms with E-state index in [1.165, 1.54) is 24.3 Å². The van der Waals surface area contributed by atoms with E-state index in [1.54, 1.807) is 6.92 Å². The maximum atomic E-state index is 13.5. The van der Waals surface area contributed by atoms with E-state index in [9.17, 15) is 26.8 Å². The van der Waals surface area contributed by atoms with Crippen molar-refractivity contribution in [2.45, 2.75) is 18.2 Å². The number of sulfonamides is 1. The number of carbonyl (C=O) groups excluding carboxylic acids is 2. The number of ketones is 1. The van der Waals surface area contributed by atoms with Gasteiger partial charge in [0.25, 0.3) is 0 Å². The second-order valence-electron chi connectivity index (χ2n) is 5.76. The van der Waals surface area contributed by atoms with Crippen molar-refractivity contribution in [3.8, 4) is 5.75 Å². The first-order valence-electron chi connectivity index (χ1n) is 8.59. The van der Waals surface area contributed by atoms with Crippen LogP contribution in [0.2, 0.25) is 0 Å². The van der Waals surface area contributed by atoms with Gasteiger partial charge in [0.15, 0.2) is 6.61 Å². The minimum atomic E-state index is -3.84. The molecular formula is C19H19F2NO6S. The average Bonchev–Trinajstić information content (AvgIpc) is 2.68. The van der Waals surface area contributed by atoms with Crippen LogP contribution in [0.1, 0.15) is 23.7 Å². The standard InChI is InChI=1S/C19H19F2NO6S/c1-2-27-14-4-6-15(7-5-14)29(25,26)22-10-9-19(24)28-12-18(23)16-11-13(20)3-8-17(16)21/h3-8,11,22H,2,9-10,12H2,1H3. The van der Waals surface area contributed by atoms with Gasteiger partial charge in [-0.15, -0.1) is 0 Å². The van der Waals surface area contributed by atoms with Crippen LogP contribution < -0.4 is 9.46 Å². The van der Waals surface area contributed by atoms with E-state index in [2.05, 4.69) is 9.46 Å². The fourth-order valence-electron chi connectivity index (χ4n) is 2.26. The van der Waals surface area contributed by atoms with Crippen molar-refractivity contribution in [3.05, 3.63) is 59.7 Å². The molecule has 2 rings (SSSR count). The first kappa shape index (κ1) is 22.4. The third-order valence-corrected chi connectivity index (χ3v) is 5.14. The molecule has 0 fully saturated rings. The van der Waals surface area contributed by atoms with Crippen LogP contribution in [-0.2, 0) is 19.6 Å². The van der Waals surface area contributed by atoms with Crippen LogP contribution in [0, 0.1) is 11.6 Å². The molecule has 0 unspecified atom stereocenters. The maximum absolute atomic E-state index is 13.5. The molecule has 2 aromatic rings. The smallest absolute Gasteiger partial charge is 0.307 e. The number of halogens is 2. The van der Waals surface area contributed by atoms with Crippen molar-refractivity contribution in [2.24, 2.45) is 0 Å². The lowest BCUT2D eigenvalue weighted by molar-refractivity contribution is -0.142. The molecule has 0 aliphatic carbocycles. The van der Waals surface area contributed by atoms with E-state index < -0.39 is 45.6 Å². The number of hydrogen-bond acceptors (Lipinski definition) is 6. The molecule has 0 radical (unpaired) electrons. The van der Waals surface area contributed by atoms with Gasteiger partial charge in [0.2, 0.25) is 15.8 Å². The lowest BCUT2D eigenvalue weighted by atomic mass is 10.1. The monoisotopic (exact) mass is 427 g/mol. The summed E-state index contributed by atoms with van der Waals surface area (Å²) in [6, 6.07) is 8.08. The van der Waals surface area contributed by atoms with Gasteiger partial charge in [-0.05, 0) is 49.4 Å². The molecule has 0 atom stereocenters. The number of hydrogen-bond donors (Lipinski definition) is 1. The van der Waals surface area contributed by atoms with Gasteiger partial charge in [-0.3, -0.25) is 9.59 Å². The Morgan fingerprint density at radius 1 is 1.07 bits per heavy atom. The summed E-state index contributed by atoms with van der Waals surface area (Å²) < 4.78 is 63.1. The molecule has 0 bridgehead atoms. The summed E-state index contributed by atoms with van der Waals surface area (Å²) in [6.07, 6.45) is -0.352. The molecule has 2 aromatic carbocycles. The highest BCUT2D eigenvalue weighted by atomic mass is 32.2. The highest BCUT2D eigenvalue weighted by molar-refractivity contribution is 7.89. The van der Waals surface area contributed by atoms with E-state index in [-0.39, 0.29) is 17.9 Å². The summed E-state index contributed by atoms with van der Waals surface area (Å²) in [5.41, 5.74) is -0.533. The van der Waals surface area contributed by atoms with Gasteiger partial charge >= 0.3 is 5.97 Å². The van der Waals surface area contributed by atoms with Crippen LogP contribution >= 0.6 is 0 Å². The van der Waals surface area contributed by atoms with Gasteiger partial charge in [-0.2, -0.15) is 0 Å². The lowest BCUT2D eigenvalue weighted by Crippen LogP contribution is -2.27. The summed E-state index contributed by atoms with van der Waals surface area (Å²) in [4.78, 5) is 23.5. The van der Waals surface area contributed by atoms with Gasteiger partial charge in [0.1, 0.15) is 17.4 Å². The second-order valence-corrected chi connectivity index (χ2v) is 7.53. The van der Waals surface area contributed by atoms with Crippen LogP contribution in [-0.4, -0.2) is 39.9 Å². The largest absolute Gasteiger partial charge is 0.494 e. The highest BCUT2D eigenvalue weighted by Gasteiger charge is 2.17. The Balaban J connectivity index is 1.81. The molecule has 0 saturated heterocycles. The molecule has 0 heterocycles. The predicted molar refractivity (Wildman–Crippen MR) is 99.1 cm³/mol. The molecule has 0 amide bonds. The number of ether oxygens (including phenoxy) is 2. The molecule has 0 aliphatic rings. The molecule has 7 nitrogen and oxygen atoms in total. The summed E-state index contributed by atoms with van der Waals surface area (Å²) in [5, 5.41) is 0. The Morgan fingerprint density at radius 3 is 2.41 bits per heavy atom. The number of benzene rings is 2. The van der Waals surface area contributed by atoms with Gasteiger partial charge in [-0.1, -0.05) is 0 Å². The zero-order valence-electron chi connectivity index (χ0n) is 15.5. The molecule has 0 aromatic heterocycles. The van der Waals surface area contributed by atoms with E-state index in [4.69, 9.17) is 4.74 Å². The van der Waals surface area contributed by atoms with Crippen LogP contribution in [0.5, 0.6) is 5.75 Å². The third kappa shape index (κ3) is 6.61. The molecule has 1 N–H and O–H groups in total. The van der Waals surface area contributed by atoms with Crippen LogP contribution in [0.4, 0.5) is 8.78 Å². The van der Waals surface area contributed by atoms with Crippen LogP contribution in [0.3, 0.4) is 0 Å². The molecule has 0 saturated carbocycles. The van der Waals surface area contributed by atoms with Crippen molar-refractivity contribution in [1.82, 2.24) is 4.72 Å². The normalized spacial score (nSPS) is 11.1. The molecule has 10 heteroatoms. The second kappa shape index (κ2) is 10.1. The first-order chi connectivity index (χ1) is 13.7. The minimum Gasteiger partial charge on any atom is -0.494 e. The minimum absolute atomic E-state index is 0.00826. The average molecular weight is 427 g/mol. The zero-order valence-corrected chi connectivity index (χ0v) is 16.3. The molecule has 0 spiro atoms. The van der Waals surface area contributed by atoms with E-state index in [0.29, 0.717) is 18.4 Å². The Morgan fingerprint density at radius 2 is 1.76 bits per heavy atom. The number of rotatable bonds is 10. The fourth-order valence-corrected chi connectivity index (χ4v) is 3.29. The van der Waals surface area contributed by atoms with Crippen molar-refractivity contribution in [3.63, 3.8) is 0 Å². The lowest BCUT2D eigenvalue weighted by Gasteiger charge is -2.08. The van der Waals surface area contributed by atoms with Crippen molar-refractivity contribution in [1.29, 1.82) is 0 Å². The SMILES string of the molecule is CCOc1ccc(S(=O)(=O)NCCC(=O)OCC(=O)c2cc(F)ccc2F)cc1. The van der Waals surface area contributed by atoms with Gasteiger partial charge in [0.05, 0.1) is 23.5 Å². The fraction of sp³-hybridized carbons (Fsp3) is 0.263. The summed E-state index contributed by atoms with van der Waals surface area (Å²) in [6.45, 7) is 1.19. The Bertz CT molecular complexity index is 977. The molecular weight excluding hydrogens is 408 g/mol. The molecule has 29 heavy (non-hydrogen) atoms. The van der Waals surface area contributed by atoms with Gasteiger partial charge in [-0.25, -0.2) is 21.9 Å². The number of Topliss-reactive ketones (excluding diaryl/α,β-unsaturated/α-hetero) is 1. The Kier molecular flexibility index (Phi) is 7.80. The Hall–Kier alpha value is -2.85.